The van der Waals surface area contributed by atoms with Crippen molar-refractivity contribution in [1.82, 2.24) is 0 Å². The van der Waals surface area contributed by atoms with Crippen molar-refractivity contribution in [2.24, 2.45) is 11.8 Å². The van der Waals surface area contributed by atoms with Crippen molar-refractivity contribution in [2.45, 2.75) is 85.5 Å². The lowest BCUT2D eigenvalue weighted by molar-refractivity contribution is 0.526. The Morgan fingerprint density at radius 1 is 0.621 bits per heavy atom. The maximum Gasteiger partial charge on any atom is 0.0443 e. The predicted molar refractivity (Wildman–Crippen MR) is 130 cm³/mol. The Morgan fingerprint density at radius 2 is 1.21 bits per heavy atom. The van der Waals surface area contributed by atoms with E-state index in [2.05, 4.69) is 87.2 Å². The molecule has 1 heteroatoms. The molecule has 0 aromatic heterocycles. The minimum absolute atomic E-state index is 0.816. The van der Waals surface area contributed by atoms with Gasteiger partial charge in [0, 0.05) is 17.9 Å². The molecule has 0 saturated heterocycles. The van der Waals surface area contributed by atoms with Crippen LogP contribution in [0.1, 0.15) is 84.6 Å². The lowest BCUT2D eigenvalue weighted by atomic mass is 10.0. The third-order valence-electron chi connectivity index (χ3n) is 5.74. The van der Waals surface area contributed by atoms with Gasteiger partial charge in [-0.3, -0.25) is 0 Å². The summed E-state index contributed by atoms with van der Waals surface area (Å²) in [6, 6.07) is 20.0. The van der Waals surface area contributed by atoms with Crippen molar-refractivity contribution in [3.05, 3.63) is 60.2 Å². The quantitative estimate of drug-likeness (QED) is 0.290. The van der Waals surface area contributed by atoms with Crippen molar-refractivity contribution in [1.29, 1.82) is 0 Å². The van der Waals surface area contributed by atoms with Crippen LogP contribution < -0.4 is 4.90 Å². The van der Waals surface area contributed by atoms with E-state index < -0.39 is 0 Å². The molecule has 0 saturated carbocycles. The van der Waals surface area contributed by atoms with Crippen LogP contribution in [0.15, 0.2) is 54.6 Å². The maximum atomic E-state index is 2.55. The topological polar surface area (TPSA) is 3.24 Å². The third-order valence-corrected chi connectivity index (χ3v) is 5.74. The number of hydrogen-bond acceptors (Lipinski definition) is 1. The average molecular weight is 394 g/mol. The zero-order valence-electron chi connectivity index (χ0n) is 19.4. The molecule has 29 heavy (non-hydrogen) atoms. The highest BCUT2D eigenvalue weighted by atomic mass is 15.1. The van der Waals surface area contributed by atoms with Gasteiger partial charge in [0.25, 0.3) is 0 Å². The Bertz CT molecular complexity index is 659. The van der Waals surface area contributed by atoms with Crippen molar-refractivity contribution in [3.8, 4) is 0 Å². The SMILES string of the molecule is CC(C)CCCCCc1ccccc1N(CCCCCC(C)C)c1ccccc1. The summed E-state index contributed by atoms with van der Waals surface area (Å²) in [5, 5.41) is 0. The van der Waals surface area contributed by atoms with E-state index in [-0.39, 0.29) is 0 Å². The summed E-state index contributed by atoms with van der Waals surface area (Å²) in [6.07, 6.45) is 11.8. The van der Waals surface area contributed by atoms with Crippen molar-refractivity contribution < 1.29 is 0 Å². The molecule has 0 aliphatic heterocycles. The first kappa shape index (κ1) is 23.5. The zero-order valence-corrected chi connectivity index (χ0v) is 19.4. The van der Waals surface area contributed by atoms with Gasteiger partial charge < -0.3 is 4.90 Å². The van der Waals surface area contributed by atoms with Gasteiger partial charge in [0.1, 0.15) is 0 Å². The van der Waals surface area contributed by atoms with Gasteiger partial charge >= 0.3 is 0 Å². The minimum Gasteiger partial charge on any atom is -0.341 e. The summed E-state index contributed by atoms with van der Waals surface area (Å²) in [5.41, 5.74) is 4.23. The number of unbranched alkanes of at least 4 members (excludes halogenated alkanes) is 4. The number of hydrogen-bond donors (Lipinski definition) is 0. The van der Waals surface area contributed by atoms with Crippen LogP contribution in [0.3, 0.4) is 0 Å². The van der Waals surface area contributed by atoms with Gasteiger partial charge in [-0.05, 0) is 54.9 Å². The Hall–Kier alpha value is -1.76. The lowest BCUT2D eigenvalue weighted by Gasteiger charge is -2.27. The van der Waals surface area contributed by atoms with E-state index in [4.69, 9.17) is 0 Å². The smallest absolute Gasteiger partial charge is 0.0443 e. The monoisotopic (exact) mass is 393 g/mol. The van der Waals surface area contributed by atoms with Gasteiger partial charge in [0.15, 0.2) is 0 Å². The highest BCUT2D eigenvalue weighted by Gasteiger charge is 2.13. The van der Waals surface area contributed by atoms with Crippen LogP contribution in [0.4, 0.5) is 11.4 Å². The number of para-hydroxylation sites is 2. The molecule has 0 N–H and O–H groups in total. The van der Waals surface area contributed by atoms with Crippen LogP contribution in [0.25, 0.3) is 0 Å². The zero-order chi connectivity index (χ0) is 20.9. The largest absolute Gasteiger partial charge is 0.341 e. The van der Waals surface area contributed by atoms with Crippen molar-refractivity contribution in [3.63, 3.8) is 0 Å². The molecule has 0 unspecified atom stereocenters. The molecule has 2 aromatic rings. The molecule has 0 heterocycles. The van der Waals surface area contributed by atoms with Crippen LogP contribution in [0, 0.1) is 11.8 Å². The van der Waals surface area contributed by atoms with E-state index in [1.807, 2.05) is 0 Å². The first-order chi connectivity index (χ1) is 14.1. The fourth-order valence-electron chi connectivity index (χ4n) is 4.03. The second kappa shape index (κ2) is 13.5. The maximum absolute atomic E-state index is 2.55. The Kier molecular flexibility index (Phi) is 10.9. The molecule has 160 valence electrons. The second-order valence-electron chi connectivity index (χ2n) is 9.35. The summed E-state index contributed by atoms with van der Waals surface area (Å²) in [5.74, 6) is 1.64. The summed E-state index contributed by atoms with van der Waals surface area (Å²) < 4.78 is 0. The fraction of sp³-hybridized carbons (Fsp3) is 0.571. The second-order valence-corrected chi connectivity index (χ2v) is 9.35. The summed E-state index contributed by atoms with van der Waals surface area (Å²) in [7, 11) is 0. The number of nitrogens with zero attached hydrogens (tertiary/aromatic N) is 1. The molecule has 0 radical (unpaired) electrons. The van der Waals surface area contributed by atoms with E-state index in [0.717, 1.165) is 18.4 Å². The summed E-state index contributed by atoms with van der Waals surface area (Å²) in [4.78, 5) is 2.55. The molecule has 0 bridgehead atoms. The minimum atomic E-state index is 0.816. The van der Waals surface area contributed by atoms with E-state index in [9.17, 15) is 0 Å². The fourth-order valence-corrected chi connectivity index (χ4v) is 4.03. The summed E-state index contributed by atoms with van der Waals surface area (Å²) >= 11 is 0. The number of anilines is 2. The molecule has 0 aliphatic carbocycles. The van der Waals surface area contributed by atoms with Gasteiger partial charge in [-0.2, -0.15) is 0 Å². The van der Waals surface area contributed by atoms with Crippen LogP contribution >= 0.6 is 0 Å². The van der Waals surface area contributed by atoms with Gasteiger partial charge in [-0.25, -0.2) is 0 Å². The third kappa shape index (κ3) is 9.07. The predicted octanol–water partition coefficient (Wildman–Crippen LogP) is 8.80. The highest BCUT2D eigenvalue weighted by molar-refractivity contribution is 5.66. The van der Waals surface area contributed by atoms with Crippen LogP contribution in [-0.2, 0) is 6.42 Å². The number of aryl methyl sites for hydroxylation is 1. The molecular formula is C28H43N. The molecule has 0 amide bonds. The van der Waals surface area contributed by atoms with Crippen molar-refractivity contribution in [2.75, 3.05) is 11.4 Å². The molecule has 0 atom stereocenters. The molecule has 2 rings (SSSR count). The summed E-state index contributed by atoms with van der Waals surface area (Å²) in [6.45, 7) is 10.4. The average Bonchev–Trinajstić information content (AvgIpc) is 2.71. The molecule has 1 nitrogen and oxygen atoms in total. The van der Waals surface area contributed by atoms with E-state index in [1.165, 1.54) is 74.7 Å². The highest BCUT2D eigenvalue weighted by Crippen LogP contribution is 2.30. The Balaban J connectivity index is 2.03. The van der Waals surface area contributed by atoms with Crippen molar-refractivity contribution >= 4 is 11.4 Å². The van der Waals surface area contributed by atoms with Crippen LogP contribution in [0.2, 0.25) is 0 Å². The molecule has 2 aromatic carbocycles. The van der Waals surface area contributed by atoms with Gasteiger partial charge in [-0.1, -0.05) is 103 Å². The standard InChI is InChI=1S/C28H43N/c1-24(2)16-8-5-10-18-26-19-13-14-22-28(26)29(27-20-11-6-12-21-27)23-15-7-9-17-25(3)4/h6,11-14,19-22,24-25H,5,7-10,15-18,23H2,1-4H3. The lowest BCUT2D eigenvalue weighted by Crippen LogP contribution is -2.20. The first-order valence-electron chi connectivity index (χ1n) is 12.0. The molecule has 0 spiro atoms. The van der Waals surface area contributed by atoms with E-state index in [1.54, 1.807) is 0 Å². The molecule has 0 aliphatic rings. The van der Waals surface area contributed by atoms with E-state index in [0.29, 0.717) is 0 Å². The molecular weight excluding hydrogens is 350 g/mol. The van der Waals surface area contributed by atoms with E-state index >= 15 is 0 Å². The van der Waals surface area contributed by atoms with Gasteiger partial charge in [0.05, 0.1) is 0 Å². The van der Waals surface area contributed by atoms with Gasteiger partial charge in [-0.15, -0.1) is 0 Å². The number of benzene rings is 2. The number of rotatable bonds is 14. The van der Waals surface area contributed by atoms with Gasteiger partial charge in [0.2, 0.25) is 0 Å². The Labute approximate surface area is 180 Å². The first-order valence-corrected chi connectivity index (χ1v) is 12.0. The Morgan fingerprint density at radius 3 is 1.86 bits per heavy atom. The molecule has 0 fully saturated rings. The van der Waals surface area contributed by atoms with Crippen LogP contribution in [-0.4, -0.2) is 6.54 Å². The normalized spacial score (nSPS) is 11.4. The van der Waals surface area contributed by atoms with Crippen LogP contribution in [0.5, 0.6) is 0 Å².